The molecule has 0 aliphatic rings. The SMILES string of the molecule is CC(CN)N(C)C(=O)c1ccc(COc2cccc(Br)c2)o1. The van der Waals surface area contributed by atoms with Crippen molar-refractivity contribution in [2.24, 2.45) is 5.73 Å². The molecule has 1 aromatic carbocycles. The number of nitrogens with zero attached hydrogens (tertiary/aromatic N) is 1. The van der Waals surface area contributed by atoms with Gasteiger partial charge in [0.1, 0.15) is 18.1 Å². The summed E-state index contributed by atoms with van der Waals surface area (Å²) in [4.78, 5) is 13.8. The Hall–Kier alpha value is -1.79. The standard InChI is InChI=1S/C16H19BrN2O3/c1-11(9-18)19(2)16(20)15-7-6-14(22-15)10-21-13-5-3-4-12(17)8-13/h3-8,11H,9-10,18H2,1-2H3. The zero-order valence-corrected chi connectivity index (χ0v) is 14.2. The molecule has 2 N–H and O–H groups in total. The number of furan rings is 1. The topological polar surface area (TPSA) is 68.7 Å². The summed E-state index contributed by atoms with van der Waals surface area (Å²) in [6.07, 6.45) is 0. The largest absolute Gasteiger partial charge is 0.486 e. The molecule has 1 heterocycles. The number of amides is 1. The predicted molar refractivity (Wildman–Crippen MR) is 87.8 cm³/mol. The Bertz CT molecular complexity index is 642. The van der Waals surface area contributed by atoms with Crippen LogP contribution in [0.5, 0.6) is 5.75 Å². The van der Waals surface area contributed by atoms with E-state index in [2.05, 4.69) is 15.9 Å². The number of ether oxygens (including phenoxy) is 1. The first-order chi connectivity index (χ1) is 10.5. The lowest BCUT2D eigenvalue weighted by Crippen LogP contribution is -2.39. The number of nitrogens with two attached hydrogens (primary N) is 1. The zero-order chi connectivity index (χ0) is 16.1. The van der Waals surface area contributed by atoms with Gasteiger partial charge < -0.3 is 19.8 Å². The average molecular weight is 367 g/mol. The molecule has 1 amide bonds. The second kappa shape index (κ2) is 7.47. The van der Waals surface area contributed by atoms with Crippen LogP contribution in [0.15, 0.2) is 45.3 Å². The molecule has 1 atom stereocenters. The minimum Gasteiger partial charge on any atom is -0.486 e. The van der Waals surface area contributed by atoms with Gasteiger partial charge in [0, 0.05) is 24.1 Å². The molecule has 0 spiro atoms. The van der Waals surface area contributed by atoms with Crippen LogP contribution in [-0.2, 0) is 6.61 Å². The van der Waals surface area contributed by atoms with Crippen molar-refractivity contribution in [3.8, 4) is 5.75 Å². The molecule has 2 rings (SSSR count). The molecule has 0 saturated heterocycles. The van der Waals surface area contributed by atoms with Crippen molar-refractivity contribution in [1.29, 1.82) is 0 Å². The normalized spacial score (nSPS) is 12.0. The van der Waals surface area contributed by atoms with Crippen LogP contribution in [0.4, 0.5) is 0 Å². The fraction of sp³-hybridized carbons (Fsp3) is 0.312. The average Bonchev–Trinajstić information content (AvgIpc) is 2.99. The van der Waals surface area contributed by atoms with Crippen LogP contribution in [0.25, 0.3) is 0 Å². The number of benzene rings is 1. The highest BCUT2D eigenvalue weighted by atomic mass is 79.9. The lowest BCUT2D eigenvalue weighted by molar-refractivity contribution is 0.0712. The van der Waals surface area contributed by atoms with Gasteiger partial charge in [-0.1, -0.05) is 22.0 Å². The Labute approximate surface area is 138 Å². The van der Waals surface area contributed by atoms with Gasteiger partial charge in [-0.25, -0.2) is 0 Å². The van der Waals surface area contributed by atoms with Crippen molar-refractivity contribution in [2.75, 3.05) is 13.6 Å². The summed E-state index contributed by atoms with van der Waals surface area (Å²) in [6, 6.07) is 10.9. The van der Waals surface area contributed by atoms with Gasteiger partial charge in [-0.2, -0.15) is 0 Å². The van der Waals surface area contributed by atoms with E-state index in [1.807, 2.05) is 31.2 Å². The predicted octanol–water partition coefficient (Wildman–Crippen LogP) is 3.04. The monoisotopic (exact) mass is 366 g/mol. The maximum atomic E-state index is 12.2. The van der Waals surface area contributed by atoms with Crippen molar-refractivity contribution < 1.29 is 13.9 Å². The quantitative estimate of drug-likeness (QED) is 0.852. The summed E-state index contributed by atoms with van der Waals surface area (Å²) in [5, 5.41) is 0. The van der Waals surface area contributed by atoms with Gasteiger partial charge in [-0.05, 0) is 37.3 Å². The van der Waals surface area contributed by atoms with E-state index in [1.54, 1.807) is 24.1 Å². The number of hydrogen-bond donors (Lipinski definition) is 1. The van der Waals surface area contributed by atoms with Crippen LogP contribution in [0.2, 0.25) is 0 Å². The van der Waals surface area contributed by atoms with Crippen LogP contribution in [-0.4, -0.2) is 30.4 Å². The van der Waals surface area contributed by atoms with Gasteiger partial charge in [-0.15, -0.1) is 0 Å². The van der Waals surface area contributed by atoms with E-state index in [9.17, 15) is 4.79 Å². The number of likely N-dealkylation sites (N-methyl/N-ethyl adjacent to an activating group) is 1. The molecule has 5 nitrogen and oxygen atoms in total. The third-order valence-corrected chi connectivity index (χ3v) is 3.87. The smallest absolute Gasteiger partial charge is 0.289 e. The van der Waals surface area contributed by atoms with Gasteiger partial charge in [-0.3, -0.25) is 4.79 Å². The summed E-state index contributed by atoms with van der Waals surface area (Å²) in [6.45, 7) is 2.56. The Kier molecular flexibility index (Phi) is 5.63. The highest BCUT2D eigenvalue weighted by Gasteiger charge is 2.19. The first-order valence-electron chi connectivity index (χ1n) is 6.95. The van der Waals surface area contributed by atoms with E-state index in [1.165, 1.54) is 0 Å². The van der Waals surface area contributed by atoms with Gasteiger partial charge in [0.25, 0.3) is 5.91 Å². The molecule has 0 aliphatic carbocycles. The molecule has 0 fully saturated rings. The third-order valence-electron chi connectivity index (χ3n) is 3.37. The maximum Gasteiger partial charge on any atom is 0.289 e. The van der Waals surface area contributed by atoms with Crippen molar-refractivity contribution >= 4 is 21.8 Å². The Balaban J connectivity index is 1.98. The molecule has 6 heteroatoms. The molecule has 0 aliphatic heterocycles. The van der Waals surface area contributed by atoms with Crippen molar-refractivity contribution in [3.63, 3.8) is 0 Å². The molecule has 0 saturated carbocycles. The molecule has 2 aromatic rings. The molecule has 1 aromatic heterocycles. The first kappa shape index (κ1) is 16.6. The van der Waals surface area contributed by atoms with E-state index in [4.69, 9.17) is 14.9 Å². The highest BCUT2D eigenvalue weighted by molar-refractivity contribution is 9.10. The summed E-state index contributed by atoms with van der Waals surface area (Å²) >= 11 is 3.38. The number of carbonyl (C=O) groups excluding carboxylic acids is 1. The lowest BCUT2D eigenvalue weighted by Gasteiger charge is -2.22. The zero-order valence-electron chi connectivity index (χ0n) is 12.6. The molecular formula is C16H19BrN2O3. The van der Waals surface area contributed by atoms with Gasteiger partial charge >= 0.3 is 0 Å². The van der Waals surface area contributed by atoms with E-state index in [-0.39, 0.29) is 24.3 Å². The van der Waals surface area contributed by atoms with E-state index >= 15 is 0 Å². The van der Waals surface area contributed by atoms with E-state index in [0.29, 0.717) is 12.3 Å². The number of carbonyl (C=O) groups is 1. The van der Waals surface area contributed by atoms with Crippen LogP contribution < -0.4 is 10.5 Å². The molecule has 22 heavy (non-hydrogen) atoms. The second-order valence-corrected chi connectivity index (χ2v) is 5.93. The van der Waals surface area contributed by atoms with Crippen molar-refractivity contribution in [1.82, 2.24) is 4.90 Å². The summed E-state index contributed by atoms with van der Waals surface area (Å²) < 4.78 is 12.1. The minimum atomic E-state index is -0.188. The van der Waals surface area contributed by atoms with Crippen LogP contribution in [0, 0.1) is 0 Å². The second-order valence-electron chi connectivity index (χ2n) is 5.01. The molecule has 0 bridgehead atoms. The molecule has 1 unspecified atom stereocenters. The lowest BCUT2D eigenvalue weighted by atomic mass is 10.3. The fourth-order valence-electron chi connectivity index (χ4n) is 1.81. The summed E-state index contributed by atoms with van der Waals surface area (Å²) in [7, 11) is 1.71. The van der Waals surface area contributed by atoms with Crippen molar-refractivity contribution in [3.05, 3.63) is 52.4 Å². The van der Waals surface area contributed by atoms with Gasteiger partial charge in [0.15, 0.2) is 5.76 Å². The van der Waals surface area contributed by atoms with E-state index in [0.717, 1.165) is 10.2 Å². The number of halogens is 1. The fourth-order valence-corrected chi connectivity index (χ4v) is 2.19. The van der Waals surface area contributed by atoms with E-state index < -0.39 is 0 Å². The summed E-state index contributed by atoms with van der Waals surface area (Å²) in [5.74, 6) is 1.42. The Morgan fingerprint density at radius 3 is 2.86 bits per heavy atom. The molecule has 0 radical (unpaired) electrons. The first-order valence-corrected chi connectivity index (χ1v) is 7.75. The molecular weight excluding hydrogens is 348 g/mol. The number of hydrogen-bond acceptors (Lipinski definition) is 4. The Morgan fingerprint density at radius 1 is 1.41 bits per heavy atom. The third kappa shape index (κ3) is 4.11. The minimum absolute atomic E-state index is 0.0426. The summed E-state index contributed by atoms with van der Waals surface area (Å²) in [5.41, 5.74) is 5.57. The highest BCUT2D eigenvalue weighted by Crippen LogP contribution is 2.19. The molecule has 118 valence electrons. The maximum absolute atomic E-state index is 12.2. The van der Waals surface area contributed by atoms with Crippen LogP contribution in [0.1, 0.15) is 23.2 Å². The van der Waals surface area contributed by atoms with Crippen molar-refractivity contribution in [2.45, 2.75) is 19.6 Å². The van der Waals surface area contributed by atoms with Gasteiger partial charge in [0.05, 0.1) is 0 Å². The van der Waals surface area contributed by atoms with Crippen LogP contribution >= 0.6 is 15.9 Å². The number of rotatable bonds is 6. The Morgan fingerprint density at radius 2 is 2.18 bits per heavy atom. The van der Waals surface area contributed by atoms with Crippen LogP contribution in [0.3, 0.4) is 0 Å². The van der Waals surface area contributed by atoms with Gasteiger partial charge in [0.2, 0.25) is 0 Å².